The Morgan fingerprint density at radius 2 is 1.92 bits per heavy atom. The van der Waals surface area contributed by atoms with Crippen LogP contribution in [-0.4, -0.2) is 5.78 Å². The molecule has 0 aliphatic carbocycles. The van der Waals surface area contributed by atoms with Crippen molar-refractivity contribution in [1.82, 2.24) is 0 Å². The molecule has 0 rings (SSSR count). The minimum absolute atomic E-state index is 0.255. The summed E-state index contributed by atoms with van der Waals surface area (Å²) in [6, 6.07) is 3.34. The summed E-state index contributed by atoms with van der Waals surface area (Å²) in [5.74, 6) is -1.06. The van der Waals surface area contributed by atoms with E-state index in [0.717, 1.165) is 6.42 Å². The van der Waals surface area contributed by atoms with Crippen LogP contribution in [0.4, 0.5) is 0 Å². The molecule has 0 saturated carbocycles. The third-order valence-electron chi connectivity index (χ3n) is 1.83. The van der Waals surface area contributed by atoms with Crippen LogP contribution in [-0.2, 0) is 4.79 Å². The molecule has 0 radical (unpaired) electrons. The minimum Gasteiger partial charge on any atom is -0.297 e. The van der Waals surface area contributed by atoms with Crippen LogP contribution < -0.4 is 0 Å². The number of ketones is 1. The molecule has 0 aliphatic rings. The zero-order valence-electron chi connectivity index (χ0n) is 7.37. The fourth-order valence-electron chi connectivity index (χ4n) is 0.778. The molecule has 0 bridgehead atoms. The lowest BCUT2D eigenvalue weighted by Gasteiger charge is -2.05. The maximum atomic E-state index is 11.1. The van der Waals surface area contributed by atoms with Crippen LogP contribution in [0, 0.1) is 34.5 Å². The van der Waals surface area contributed by atoms with E-state index in [1.54, 1.807) is 12.1 Å². The molecular weight excluding hydrogens is 152 g/mol. The molecule has 0 aromatic heterocycles. The van der Waals surface area contributed by atoms with E-state index in [1.165, 1.54) is 0 Å². The second-order valence-corrected chi connectivity index (χ2v) is 2.88. The fraction of sp³-hybridized carbons (Fsp3) is 0.667. The third-order valence-corrected chi connectivity index (χ3v) is 1.83. The Bertz CT molecular complexity index is 220. The van der Waals surface area contributed by atoms with Crippen molar-refractivity contribution in [1.29, 1.82) is 10.5 Å². The number of carbonyl (C=O) groups excluding carboxylic acids is 1. The van der Waals surface area contributed by atoms with Crippen molar-refractivity contribution < 1.29 is 4.79 Å². The lowest BCUT2D eigenvalue weighted by molar-refractivity contribution is -0.120. The summed E-state index contributed by atoms with van der Waals surface area (Å²) in [4.78, 5) is 11.1. The topological polar surface area (TPSA) is 64.7 Å². The van der Waals surface area contributed by atoms with Crippen LogP contribution in [0.15, 0.2) is 0 Å². The molecule has 0 aromatic carbocycles. The van der Waals surface area contributed by atoms with Gasteiger partial charge in [-0.1, -0.05) is 20.3 Å². The third kappa shape index (κ3) is 3.16. The van der Waals surface area contributed by atoms with Crippen LogP contribution in [0.25, 0.3) is 0 Å². The van der Waals surface area contributed by atoms with Gasteiger partial charge < -0.3 is 0 Å². The van der Waals surface area contributed by atoms with Crippen LogP contribution in [0.1, 0.15) is 26.7 Å². The molecule has 0 heterocycles. The standard InChI is InChI=1S/C9H12N2O/c1-3-7(2)4-9(12)8(5-10)6-11/h7-8H,3-4H2,1-2H3. The van der Waals surface area contributed by atoms with E-state index in [0.29, 0.717) is 6.42 Å². The van der Waals surface area contributed by atoms with Gasteiger partial charge in [-0.05, 0) is 5.92 Å². The second-order valence-electron chi connectivity index (χ2n) is 2.88. The van der Waals surface area contributed by atoms with E-state index in [1.807, 2.05) is 13.8 Å². The number of hydrogen-bond donors (Lipinski definition) is 0. The molecule has 0 amide bonds. The van der Waals surface area contributed by atoms with Crippen LogP contribution >= 0.6 is 0 Å². The van der Waals surface area contributed by atoms with Gasteiger partial charge in [0.2, 0.25) is 0 Å². The van der Waals surface area contributed by atoms with Gasteiger partial charge in [-0.3, -0.25) is 4.79 Å². The van der Waals surface area contributed by atoms with E-state index in [2.05, 4.69) is 0 Å². The van der Waals surface area contributed by atoms with Crippen LogP contribution in [0.3, 0.4) is 0 Å². The van der Waals surface area contributed by atoms with Gasteiger partial charge in [0.1, 0.15) is 0 Å². The molecule has 3 heteroatoms. The molecule has 64 valence electrons. The molecule has 0 fully saturated rings. The first-order valence-corrected chi connectivity index (χ1v) is 3.97. The first-order valence-electron chi connectivity index (χ1n) is 3.97. The molecule has 0 spiro atoms. The summed E-state index contributed by atoms with van der Waals surface area (Å²) >= 11 is 0. The number of carbonyl (C=O) groups is 1. The van der Waals surface area contributed by atoms with Crippen molar-refractivity contribution in [3.8, 4) is 12.1 Å². The van der Waals surface area contributed by atoms with Crippen molar-refractivity contribution in [2.45, 2.75) is 26.7 Å². The van der Waals surface area contributed by atoms with Gasteiger partial charge in [0, 0.05) is 6.42 Å². The van der Waals surface area contributed by atoms with Gasteiger partial charge in [-0.15, -0.1) is 0 Å². The van der Waals surface area contributed by atoms with Gasteiger partial charge in [-0.25, -0.2) is 0 Å². The molecular formula is C9H12N2O. The lowest BCUT2D eigenvalue weighted by atomic mass is 9.96. The van der Waals surface area contributed by atoms with E-state index in [4.69, 9.17) is 10.5 Å². The van der Waals surface area contributed by atoms with Gasteiger partial charge in [0.05, 0.1) is 12.1 Å². The largest absolute Gasteiger partial charge is 0.297 e. The Hall–Kier alpha value is -1.35. The van der Waals surface area contributed by atoms with E-state index in [-0.39, 0.29) is 11.7 Å². The van der Waals surface area contributed by atoms with Crippen molar-refractivity contribution in [3.05, 3.63) is 0 Å². The maximum Gasteiger partial charge on any atom is 0.191 e. The monoisotopic (exact) mass is 164 g/mol. The van der Waals surface area contributed by atoms with E-state index >= 15 is 0 Å². The fourth-order valence-corrected chi connectivity index (χ4v) is 0.778. The molecule has 0 N–H and O–H groups in total. The molecule has 12 heavy (non-hydrogen) atoms. The Kier molecular flexibility index (Phi) is 4.72. The Balaban J connectivity index is 4.06. The number of rotatable bonds is 4. The Labute approximate surface area is 72.6 Å². The van der Waals surface area contributed by atoms with Crippen molar-refractivity contribution >= 4 is 5.78 Å². The van der Waals surface area contributed by atoms with Crippen molar-refractivity contribution in [3.63, 3.8) is 0 Å². The summed E-state index contributed by atoms with van der Waals surface area (Å²) < 4.78 is 0. The maximum absolute atomic E-state index is 11.1. The summed E-state index contributed by atoms with van der Waals surface area (Å²) in [5, 5.41) is 16.8. The average molecular weight is 164 g/mol. The van der Waals surface area contributed by atoms with E-state index < -0.39 is 5.92 Å². The number of hydrogen-bond acceptors (Lipinski definition) is 3. The van der Waals surface area contributed by atoms with Gasteiger partial charge in [-0.2, -0.15) is 10.5 Å². The Morgan fingerprint density at radius 3 is 2.25 bits per heavy atom. The predicted molar refractivity (Wildman–Crippen MR) is 43.8 cm³/mol. The van der Waals surface area contributed by atoms with Crippen molar-refractivity contribution in [2.24, 2.45) is 11.8 Å². The summed E-state index contributed by atoms with van der Waals surface area (Å²) in [5.41, 5.74) is 0. The lowest BCUT2D eigenvalue weighted by Crippen LogP contribution is -2.13. The number of nitriles is 2. The normalized spacial score (nSPS) is 11.8. The zero-order valence-corrected chi connectivity index (χ0v) is 7.37. The Morgan fingerprint density at radius 1 is 1.42 bits per heavy atom. The smallest absolute Gasteiger partial charge is 0.191 e. The average Bonchev–Trinajstić information content (AvgIpc) is 2.06. The quantitative estimate of drug-likeness (QED) is 0.634. The zero-order chi connectivity index (χ0) is 9.56. The summed E-state index contributed by atoms with van der Waals surface area (Å²) in [6.45, 7) is 3.91. The highest BCUT2D eigenvalue weighted by Gasteiger charge is 2.18. The van der Waals surface area contributed by atoms with Gasteiger partial charge >= 0.3 is 0 Å². The van der Waals surface area contributed by atoms with Crippen LogP contribution in [0.2, 0.25) is 0 Å². The summed E-state index contributed by atoms with van der Waals surface area (Å²) in [6.07, 6.45) is 1.23. The van der Waals surface area contributed by atoms with Crippen LogP contribution in [0.5, 0.6) is 0 Å². The SMILES string of the molecule is CCC(C)CC(=O)C(C#N)C#N. The second kappa shape index (κ2) is 5.32. The minimum atomic E-state index is -1.07. The van der Waals surface area contributed by atoms with Gasteiger partial charge in [0.25, 0.3) is 0 Å². The first-order chi connectivity index (χ1) is 5.65. The summed E-state index contributed by atoms with van der Waals surface area (Å²) in [7, 11) is 0. The van der Waals surface area contributed by atoms with Crippen molar-refractivity contribution in [2.75, 3.05) is 0 Å². The van der Waals surface area contributed by atoms with Gasteiger partial charge in [0.15, 0.2) is 11.7 Å². The molecule has 3 nitrogen and oxygen atoms in total. The highest BCUT2D eigenvalue weighted by molar-refractivity contribution is 5.85. The first kappa shape index (κ1) is 10.7. The molecule has 1 unspecified atom stereocenters. The molecule has 0 aliphatic heterocycles. The predicted octanol–water partition coefficient (Wildman–Crippen LogP) is 1.66. The molecule has 0 saturated heterocycles. The molecule has 0 aromatic rings. The van der Waals surface area contributed by atoms with E-state index in [9.17, 15) is 4.79 Å². The number of nitrogens with zero attached hydrogens (tertiary/aromatic N) is 2. The highest BCUT2D eigenvalue weighted by atomic mass is 16.1. The number of Topliss-reactive ketones (excluding diaryl/α,β-unsaturated/α-hetero) is 1. The molecule has 1 atom stereocenters. The highest BCUT2D eigenvalue weighted by Crippen LogP contribution is 2.10.